The third kappa shape index (κ3) is 2.29. The average Bonchev–Trinajstić information content (AvgIpc) is 3.21. The molecule has 0 aliphatic carbocycles. The maximum absolute atomic E-state index is 13.4. The topological polar surface area (TPSA) is 47.9 Å². The summed E-state index contributed by atoms with van der Waals surface area (Å²) in [6.07, 6.45) is 1.44. The van der Waals surface area contributed by atoms with E-state index in [1.165, 1.54) is 18.2 Å². The third-order valence-electron chi connectivity index (χ3n) is 4.21. The van der Waals surface area contributed by atoms with Crippen molar-refractivity contribution in [1.29, 1.82) is 0 Å². The van der Waals surface area contributed by atoms with Crippen molar-refractivity contribution in [3.63, 3.8) is 0 Å². The molecule has 120 valence electrons. The smallest absolute Gasteiger partial charge is 0.231 e. The second-order valence-corrected chi connectivity index (χ2v) is 5.64. The predicted molar refractivity (Wildman–Crippen MR) is 87.2 cm³/mol. The Morgan fingerprint density at radius 1 is 1.25 bits per heavy atom. The number of aliphatic imine (C=N–C) groups is 1. The van der Waals surface area contributed by atoms with Crippen LogP contribution < -0.4 is 9.47 Å². The highest BCUT2D eigenvalue weighted by atomic mass is 19.1. The van der Waals surface area contributed by atoms with Crippen molar-refractivity contribution >= 4 is 11.5 Å². The lowest BCUT2D eigenvalue weighted by molar-refractivity contribution is -0.114. The molecule has 0 N–H and O–H groups in total. The Kier molecular flexibility index (Phi) is 3.41. The van der Waals surface area contributed by atoms with Crippen LogP contribution in [0.3, 0.4) is 0 Å². The van der Waals surface area contributed by atoms with E-state index in [9.17, 15) is 9.18 Å². The van der Waals surface area contributed by atoms with Crippen LogP contribution in [-0.2, 0) is 17.8 Å². The Morgan fingerprint density at radius 2 is 2.08 bits per heavy atom. The van der Waals surface area contributed by atoms with E-state index < -0.39 is 0 Å². The number of halogens is 1. The molecule has 0 fully saturated rings. The summed E-state index contributed by atoms with van der Waals surface area (Å²) in [7, 11) is 0. The molecular formula is C19H14FNO3. The molecular weight excluding hydrogens is 309 g/mol. The molecule has 0 saturated heterocycles. The number of allylic oxidation sites excluding steroid dienone is 1. The minimum Gasteiger partial charge on any atom is -0.454 e. The van der Waals surface area contributed by atoms with E-state index >= 15 is 0 Å². The number of rotatable bonds is 4. The van der Waals surface area contributed by atoms with E-state index in [4.69, 9.17) is 9.47 Å². The first kappa shape index (κ1) is 14.6. The van der Waals surface area contributed by atoms with Gasteiger partial charge in [0.05, 0.1) is 12.3 Å². The number of nitrogens with zero attached hydrogens (tertiary/aromatic N) is 1. The Balaban J connectivity index is 1.85. The second-order valence-electron chi connectivity index (χ2n) is 5.64. The normalized spacial score (nSPS) is 14.3. The molecule has 2 heterocycles. The van der Waals surface area contributed by atoms with Crippen LogP contribution >= 0.6 is 0 Å². The standard InChI is InChI=1S/C19H14FNO3/c1-2-13(22)8-16-15(5-6-17-19(16)24-10-23-17)18-14-4-3-12(20)7-11(14)9-21-18/h2-7H,1,8-10H2. The first-order valence-electron chi connectivity index (χ1n) is 7.57. The van der Waals surface area contributed by atoms with E-state index in [1.54, 1.807) is 6.07 Å². The Morgan fingerprint density at radius 3 is 2.92 bits per heavy atom. The number of ketones is 1. The first-order chi connectivity index (χ1) is 11.7. The number of carbonyl (C=O) groups is 1. The number of ether oxygens (including phenoxy) is 2. The Hall–Kier alpha value is -2.95. The lowest BCUT2D eigenvalue weighted by Gasteiger charge is -2.12. The zero-order chi connectivity index (χ0) is 16.7. The van der Waals surface area contributed by atoms with Crippen molar-refractivity contribution in [3.05, 3.63) is 71.1 Å². The summed E-state index contributed by atoms with van der Waals surface area (Å²) >= 11 is 0. The number of carbonyl (C=O) groups excluding carboxylic acids is 1. The van der Waals surface area contributed by atoms with Gasteiger partial charge in [-0.2, -0.15) is 0 Å². The van der Waals surface area contributed by atoms with Crippen LogP contribution in [0.1, 0.15) is 22.3 Å². The fourth-order valence-electron chi connectivity index (χ4n) is 3.08. The quantitative estimate of drug-likeness (QED) is 0.812. The molecule has 0 bridgehead atoms. The molecule has 0 unspecified atom stereocenters. The minimum atomic E-state index is -0.280. The summed E-state index contributed by atoms with van der Waals surface area (Å²) in [6, 6.07) is 8.31. The van der Waals surface area contributed by atoms with Gasteiger partial charge in [-0.25, -0.2) is 4.39 Å². The number of hydrogen-bond donors (Lipinski definition) is 0. The monoisotopic (exact) mass is 323 g/mol. The van der Waals surface area contributed by atoms with Gasteiger partial charge in [-0.1, -0.05) is 6.58 Å². The van der Waals surface area contributed by atoms with Crippen LogP contribution in [0.25, 0.3) is 0 Å². The van der Waals surface area contributed by atoms with Gasteiger partial charge in [-0.3, -0.25) is 9.79 Å². The lowest BCUT2D eigenvalue weighted by Crippen LogP contribution is -2.09. The molecule has 0 spiro atoms. The maximum atomic E-state index is 13.4. The van der Waals surface area contributed by atoms with Crippen LogP contribution in [0, 0.1) is 5.82 Å². The maximum Gasteiger partial charge on any atom is 0.231 e. The highest BCUT2D eigenvalue weighted by molar-refractivity contribution is 6.16. The summed E-state index contributed by atoms with van der Waals surface area (Å²) in [5, 5.41) is 0. The molecule has 0 amide bonds. The zero-order valence-electron chi connectivity index (χ0n) is 12.8. The van der Waals surface area contributed by atoms with Gasteiger partial charge in [0, 0.05) is 23.1 Å². The zero-order valence-corrected chi connectivity index (χ0v) is 12.8. The van der Waals surface area contributed by atoms with E-state index in [-0.39, 0.29) is 24.8 Å². The molecule has 4 rings (SSSR count). The van der Waals surface area contributed by atoms with E-state index in [2.05, 4.69) is 11.6 Å². The predicted octanol–water partition coefficient (Wildman–Crippen LogP) is 3.20. The van der Waals surface area contributed by atoms with E-state index in [0.29, 0.717) is 18.0 Å². The van der Waals surface area contributed by atoms with Gasteiger partial charge in [0.15, 0.2) is 17.3 Å². The molecule has 0 saturated carbocycles. The van der Waals surface area contributed by atoms with Crippen molar-refractivity contribution in [2.75, 3.05) is 6.79 Å². The SMILES string of the molecule is C=CC(=O)Cc1c(C2=NCc3cc(F)ccc32)ccc2c1OCO2. The van der Waals surface area contributed by atoms with Gasteiger partial charge >= 0.3 is 0 Å². The van der Waals surface area contributed by atoms with Crippen molar-refractivity contribution in [1.82, 2.24) is 0 Å². The number of hydrogen-bond acceptors (Lipinski definition) is 4. The molecule has 2 aliphatic rings. The molecule has 2 aromatic carbocycles. The van der Waals surface area contributed by atoms with Crippen molar-refractivity contribution in [2.45, 2.75) is 13.0 Å². The van der Waals surface area contributed by atoms with Crippen LogP contribution in [0.5, 0.6) is 11.5 Å². The Bertz CT molecular complexity index is 902. The molecule has 5 heteroatoms. The third-order valence-corrected chi connectivity index (χ3v) is 4.21. The first-order valence-corrected chi connectivity index (χ1v) is 7.57. The van der Waals surface area contributed by atoms with Crippen molar-refractivity contribution in [3.8, 4) is 11.5 Å². The fraction of sp³-hybridized carbons (Fsp3) is 0.158. The second kappa shape index (κ2) is 5.60. The lowest BCUT2D eigenvalue weighted by atomic mass is 9.93. The van der Waals surface area contributed by atoms with Gasteiger partial charge in [0.1, 0.15) is 5.82 Å². The van der Waals surface area contributed by atoms with Gasteiger partial charge in [-0.15, -0.1) is 0 Å². The Labute approximate surface area is 138 Å². The van der Waals surface area contributed by atoms with Crippen LogP contribution in [0.15, 0.2) is 48.0 Å². The highest BCUT2D eigenvalue weighted by Gasteiger charge is 2.27. The number of fused-ring (bicyclic) bond motifs is 2. The summed E-state index contributed by atoms with van der Waals surface area (Å²) in [5.74, 6) is 0.792. The highest BCUT2D eigenvalue weighted by Crippen LogP contribution is 2.39. The van der Waals surface area contributed by atoms with Gasteiger partial charge in [-0.05, 0) is 42.0 Å². The van der Waals surface area contributed by atoms with Gasteiger partial charge in [0.2, 0.25) is 6.79 Å². The fourth-order valence-corrected chi connectivity index (χ4v) is 3.08. The molecule has 2 aromatic rings. The van der Waals surface area contributed by atoms with Crippen molar-refractivity contribution in [2.24, 2.45) is 4.99 Å². The average molecular weight is 323 g/mol. The van der Waals surface area contributed by atoms with E-state index in [1.807, 2.05) is 12.1 Å². The number of benzene rings is 2. The van der Waals surface area contributed by atoms with Crippen LogP contribution in [0.2, 0.25) is 0 Å². The minimum absolute atomic E-state index is 0.113. The molecule has 0 aromatic heterocycles. The molecule has 2 aliphatic heterocycles. The molecule has 0 atom stereocenters. The largest absolute Gasteiger partial charge is 0.454 e. The van der Waals surface area contributed by atoms with Gasteiger partial charge < -0.3 is 9.47 Å². The molecule has 4 nitrogen and oxygen atoms in total. The van der Waals surface area contributed by atoms with E-state index in [0.717, 1.165) is 28.0 Å². The van der Waals surface area contributed by atoms with Crippen LogP contribution in [0.4, 0.5) is 4.39 Å². The summed E-state index contributed by atoms with van der Waals surface area (Å²) in [6.45, 7) is 4.08. The molecule has 24 heavy (non-hydrogen) atoms. The van der Waals surface area contributed by atoms with Crippen molar-refractivity contribution < 1.29 is 18.7 Å². The summed E-state index contributed by atoms with van der Waals surface area (Å²) < 4.78 is 24.4. The van der Waals surface area contributed by atoms with Gasteiger partial charge in [0.25, 0.3) is 0 Å². The summed E-state index contributed by atoms with van der Waals surface area (Å²) in [5.41, 5.74) is 3.99. The molecule has 0 radical (unpaired) electrons. The van der Waals surface area contributed by atoms with Crippen LogP contribution in [-0.4, -0.2) is 18.3 Å². The summed E-state index contributed by atoms with van der Waals surface area (Å²) in [4.78, 5) is 16.5.